The van der Waals surface area contributed by atoms with Crippen molar-refractivity contribution in [1.29, 1.82) is 0 Å². The highest BCUT2D eigenvalue weighted by molar-refractivity contribution is 5.96. The summed E-state index contributed by atoms with van der Waals surface area (Å²) in [4.78, 5) is 23.7. The zero-order valence-electron chi connectivity index (χ0n) is 14.2. The van der Waals surface area contributed by atoms with E-state index in [1.807, 2.05) is 58.9 Å². The quantitative estimate of drug-likeness (QED) is 0.804. The van der Waals surface area contributed by atoms with Crippen LogP contribution in [-0.2, 0) is 4.74 Å². The lowest BCUT2D eigenvalue weighted by atomic mass is 9.99. The van der Waals surface area contributed by atoms with Gasteiger partial charge in [0.25, 0.3) is 0 Å². The van der Waals surface area contributed by atoms with Gasteiger partial charge in [0.1, 0.15) is 5.60 Å². The van der Waals surface area contributed by atoms with E-state index in [-0.39, 0.29) is 11.7 Å². The van der Waals surface area contributed by atoms with E-state index >= 15 is 0 Å². The van der Waals surface area contributed by atoms with E-state index in [1.54, 1.807) is 0 Å². The van der Waals surface area contributed by atoms with Crippen LogP contribution < -0.4 is 5.32 Å². The van der Waals surface area contributed by atoms with Gasteiger partial charge >= 0.3 is 6.09 Å². The molecular weight excluding hydrogens is 278 g/mol. The first-order chi connectivity index (χ1) is 10.2. The fourth-order valence-electron chi connectivity index (χ4n) is 2.01. The number of alkyl carbamates (subject to hydrolysis) is 1. The highest BCUT2D eigenvalue weighted by atomic mass is 16.6. The van der Waals surface area contributed by atoms with Gasteiger partial charge in [0.15, 0.2) is 5.78 Å². The van der Waals surface area contributed by atoms with Crippen molar-refractivity contribution in [2.45, 2.75) is 53.1 Å². The second-order valence-corrected chi connectivity index (χ2v) is 6.82. The van der Waals surface area contributed by atoms with Crippen molar-refractivity contribution in [2.24, 2.45) is 5.92 Å². The molecule has 1 aromatic carbocycles. The molecule has 0 saturated carbocycles. The van der Waals surface area contributed by atoms with Crippen LogP contribution in [0.5, 0.6) is 0 Å². The number of carbonyl (C=O) groups is 2. The van der Waals surface area contributed by atoms with E-state index in [0.717, 1.165) is 17.5 Å². The third kappa shape index (κ3) is 7.25. The van der Waals surface area contributed by atoms with E-state index < -0.39 is 11.7 Å². The number of hydrogen-bond donors (Lipinski definition) is 1. The summed E-state index contributed by atoms with van der Waals surface area (Å²) in [5.41, 5.74) is 1.35. The average molecular weight is 305 g/mol. The average Bonchev–Trinajstić information content (AvgIpc) is 2.40. The monoisotopic (exact) mass is 305 g/mol. The summed E-state index contributed by atoms with van der Waals surface area (Å²) < 4.78 is 5.18. The highest BCUT2D eigenvalue weighted by Crippen LogP contribution is 2.12. The summed E-state index contributed by atoms with van der Waals surface area (Å²) >= 11 is 0. The first-order valence-corrected chi connectivity index (χ1v) is 7.74. The molecule has 0 fully saturated rings. The van der Waals surface area contributed by atoms with Crippen LogP contribution in [-0.4, -0.2) is 24.0 Å². The maximum Gasteiger partial charge on any atom is 0.407 e. The van der Waals surface area contributed by atoms with Gasteiger partial charge in [0.05, 0.1) is 0 Å². The second-order valence-electron chi connectivity index (χ2n) is 6.82. The molecule has 0 aliphatic carbocycles. The zero-order valence-corrected chi connectivity index (χ0v) is 14.2. The minimum absolute atomic E-state index is 0.146. The Hall–Kier alpha value is -1.84. The van der Waals surface area contributed by atoms with Crippen LogP contribution in [0.25, 0.3) is 0 Å². The molecule has 4 heteroatoms. The predicted octanol–water partition coefficient (Wildman–Crippen LogP) is 4.12. The zero-order chi connectivity index (χ0) is 16.8. The number of hydrogen-bond acceptors (Lipinski definition) is 3. The number of Topliss-reactive ketones (excluding diaryl/α,β-unsaturated/α-hetero) is 1. The molecule has 1 aromatic rings. The Labute approximate surface area is 133 Å². The van der Waals surface area contributed by atoms with Crippen molar-refractivity contribution in [3.05, 3.63) is 35.4 Å². The van der Waals surface area contributed by atoms with Crippen molar-refractivity contribution in [3.8, 4) is 0 Å². The smallest absolute Gasteiger partial charge is 0.407 e. The third-order valence-corrected chi connectivity index (χ3v) is 3.20. The summed E-state index contributed by atoms with van der Waals surface area (Å²) in [6.07, 6.45) is 0.813. The predicted molar refractivity (Wildman–Crippen MR) is 88.1 cm³/mol. The Balaban J connectivity index is 2.32. The molecule has 4 nitrogen and oxygen atoms in total. The molecule has 0 aliphatic heterocycles. The largest absolute Gasteiger partial charge is 0.444 e. The molecule has 1 atom stereocenters. The number of aryl methyl sites for hydroxylation is 1. The lowest BCUT2D eigenvalue weighted by molar-refractivity contribution is 0.0520. The summed E-state index contributed by atoms with van der Waals surface area (Å²) in [5, 5.41) is 2.74. The first kappa shape index (κ1) is 18.2. The maximum atomic E-state index is 12.1. The van der Waals surface area contributed by atoms with Crippen molar-refractivity contribution in [1.82, 2.24) is 5.32 Å². The molecule has 0 bridgehead atoms. The summed E-state index contributed by atoms with van der Waals surface area (Å²) in [7, 11) is 0. The highest BCUT2D eigenvalue weighted by Gasteiger charge is 2.16. The topological polar surface area (TPSA) is 55.4 Å². The lowest BCUT2D eigenvalue weighted by Crippen LogP contribution is -2.34. The number of rotatable bonds is 6. The Bertz CT molecular complexity index is 517. The molecule has 1 amide bonds. The number of ketones is 1. The van der Waals surface area contributed by atoms with Crippen molar-refractivity contribution < 1.29 is 14.3 Å². The number of amides is 1. The van der Waals surface area contributed by atoms with Crippen LogP contribution in [0.4, 0.5) is 4.79 Å². The normalized spacial score (nSPS) is 12.6. The molecule has 0 heterocycles. The van der Waals surface area contributed by atoms with Gasteiger partial charge in [-0.2, -0.15) is 0 Å². The van der Waals surface area contributed by atoms with Gasteiger partial charge in [0.2, 0.25) is 0 Å². The fourth-order valence-corrected chi connectivity index (χ4v) is 2.01. The van der Waals surface area contributed by atoms with Crippen molar-refractivity contribution in [2.75, 3.05) is 6.54 Å². The van der Waals surface area contributed by atoms with E-state index in [4.69, 9.17) is 4.74 Å². The molecule has 0 spiro atoms. The molecule has 0 aliphatic rings. The third-order valence-electron chi connectivity index (χ3n) is 3.20. The Morgan fingerprint density at radius 1 is 1.27 bits per heavy atom. The number of nitrogens with one attached hydrogen (secondary N) is 1. The lowest BCUT2D eigenvalue weighted by Gasteiger charge is -2.20. The maximum absolute atomic E-state index is 12.1. The molecule has 1 unspecified atom stereocenters. The SMILES string of the molecule is Cc1cccc(C(=O)CCC(C)CNC(=O)OC(C)(C)C)c1. The van der Waals surface area contributed by atoms with E-state index in [1.165, 1.54) is 0 Å². The Kier molecular flexibility index (Phi) is 6.60. The standard InChI is InChI=1S/C18H27NO3/c1-13-7-6-8-15(11-13)16(20)10-9-14(2)12-19-17(21)22-18(3,4)5/h6-8,11,14H,9-10,12H2,1-5H3,(H,19,21). The van der Waals surface area contributed by atoms with Gasteiger partial charge < -0.3 is 10.1 Å². The minimum atomic E-state index is -0.492. The van der Waals surface area contributed by atoms with Gasteiger partial charge in [-0.3, -0.25) is 4.79 Å². The van der Waals surface area contributed by atoms with Crippen LogP contribution >= 0.6 is 0 Å². The second kappa shape index (κ2) is 7.97. The van der Waals surface area contributed by atoms with Crippen LogP contribution in [0.15, 0.2) is 24.3 Å². The molecule has 122 valence electrons. The van der Waals surface area contributed by atoms with Crippen LogP contribution in [0, 0.1) is 12.8 Å². The van der Waals surface area contributed by atoms with Gasteiger partial charge in [-0.25, -0.2) is 4.79 Å². The summed E-state index contributed by atoms with van der Waals surface area (Å²) in [5.74, 6) is 0.370. The van der Waals surface area contributed by atoms with Crippen LogP contribution in [0.1, 0.15) is 56.5 Å². The number of carbonyl (C=O) groups excluding carboxylic acids is 2. The molecule has 0 aromatic heterocycles. The Morgan fingerprint density at radius 2 is 1.95 bits per heavy atom. The Morgan fingerprint density at radius 3 is 2.55 bits per heavy atom. The molecule has 22 heavy (non-hydrogen) atoms. The van der Waals surface area contributed by atoms with E-state index in [9.17, 15) is 9.59 Å². The fraction of sp³-hybridized carbons (Fsp3) is 0.556. The summed E-state index contributed by atoms with van der Waals surface area (Å²) in [6, 6.07) is 7.63. The van der Waals surface area contributed by atoms with Gasteiger partial charge in [-0.1, -0.05) is 30.7 Å². The minimum Gasteiger partial charge on any atom is -0.444 e. The molecule has 1 N–H and O–H groups in total. The van der Waals surface area contributed by atoms with Crippen molar-refractivity contribution in [3.63, 3.8) is 0 Å². The van der Waals surface area contributed by atoms with Gasteiger partial charge in [-0.05, 0) is 46.1 Å². The van der Waals surface area contributed by atoms with E-state index in [2.05, 4.69) is 5.32 Å². The molecule has 0 saturated heterocycles. The van der Waals surface area contributed by atoms with Gasteiger partial charge in [-0.15, -0.1) is 0 Å². The molecule has 0 radical (unpaired) electrons. The number of benzene rings is 1. The summed E-state index contributed by atoms with van der Waals surface area (Å²) in [6.45, 7) is 9.99. The number of ether oxygens (including phenoxy) is 1. The first-order valence-electron chi connectivity index (χ1n) is 7.74. The van der Waals surface area contributed by atoms with Crippen LogP contribution in [0.3, 0.4) is 0 Å². The van der Waals surface area contributed by atoms with Crippen molar-refractivity contribution >= 4 is 11.9 Å². The molecule has 1 rings (SSSR count). The molecular formula is C18H27NO3. The van der Waals surface area contributed by atoms with E-state index in [0.29, 0.717) is 13.0 Å². The van der Waals surface area contributed by atoms with Crippen LogP contribution in [0.2, 0.25) is 0 Å². The van der Waals surface area contributed by atoms with Gasteiger partial charge in [0, 0.05) is 18.5 Å².